The Morgan fingerprint density at radius 2 is 1.96 bits per heavy atom. The first-order valence-electron chi connectivity index (χ1n) is 7.86. The molecule has 0 saturated carbocycles. The van der Waals surface area contributed by atoms with Gasteiger partial charge >= 0.3 is 0 Å². The Labute approximate surface area is 154 Å². The second-order valence-electron chi connectivity index (χ2n) is 5.55. The van der Waals surface area contributed by atoms with E-state index < -0.39 is 0 Å². The van der Waals surface area contributed by atoms with Crippen molar-refractivity contribution in [3.63, 3.8) is 0 Å². The number of imidazole rings is 1. The first-order chi connectivity index (χ1) is 10.9. The Kier molecular flexibility index (Phi) is 6.88. The third kappa shape index (κ3) is 4.70. The van der Waals surface area contributed by atoms with Crippen LogP contribution in [0.5, 0.6) is 0 Å². The number of guanidine groups is 1. The Morgan fingerprint density at radius 1 is 1.22 bits per heavy atom. The fourth-order valence-corrected chi connectivity index (χ4v) is 2.85. The quantitative estimate of drug-likeness (QED) is 0.466. The number of hydrogen-bond donors (Lipinski definition) is 1. The molecule has 5 nitrogen and oxygen atoms in total. The highest BCUT2D eigenvalue weighted by atomic mass is 127. The minimum absolute atomic E-state index is 0. The molecule has 0 bridgehead atoms. The van der Waals surface area contributed by atoms with Crippen molar-refractivity contribution in [1.29, 1.82) is 0 Å². The fraction of sp³-hybridized carbons (Fsp3) is 0.412. The lowest BCUT2D eigenvalue weighted by Gasteiger charge is -2.20. The lowest BCUT2D eigenvalue weighted by molar-refractivity contribution is 0.490. The number of hydrogen-bond acceptors (Lipinski definition) is 2. The van der Waals surface area contributed by atoms with Crippen LogP contribution in [-0.4, -0.2) is 40.5 Å². The van der Waals surface area contributed by atoms with E-state index in [0.29, 0.717) is 6.54 Å². The molecule has 1 aliphatic heterocycles. The normalized spacial score (nSPS) is 14.7. The third-order valence-corrected chi connectivity index (χ3v) is 4.02. The van der Waals surface area contributed by atoms with Crippen molar-refractivity contribution >= 4 is 29.9 Å². The molecular weight excluding hydrogens is 401 g/mol. The van der Waals surface area contributed by atoms with Crippen LogP contribution in [0, 0.1) is 0 Å². The van der Waals surface area contributed by atoms with Gasteiger partial charge in [0, 0.05) is 39.1 Å². The van der Waals surface area contributed by atoms with Gasteiger partial charge in [0.2, 0.25) is 0 Å². The van der Waals surface area contributed by atoms with Gasteiger partial charge < -0.3 is 14.8 Å². The predicted molar refractivity (Wildman–Crippen MR) is 104 cm³/mol. The van der Waals surface area contributed by atoms with Crippen LogP contribution < -0.4 is 5.32 Å². The average Bonchev–Trinajstić information content (AvgIpc) is 3.22. The van der Waals surface area contributed by atoms with Gasteiger partial charge in [-0.15, -0.1) is 24.0 Å². The van der Waals surface area contributed by atoms with Gasteiger partial charge in [-0.2, -0.15) is 0 Å². The van der Waals surface area contributed by atoms with Crippen molar-refractivity contribution in [1.82, 2.24) is 19.8 Å². The van der Waals surface area contributed by atoms with Gasteiger partial charge in [-0.1, -0.05) is 30.3 Å². The van der Waals surface area contributed by atoms with E-state index in [2.05, 4.69) is 49.0 Å². The second-order valence-corrected chi connectivity index (χ2v) is 5.55. The first-order valence-corrected chi connectivity index (χ1v) is 7.86. The molecule has 1 saturated heterocycles. The molecule has 0 spiro atoms. The lowest BCUT2D eigenvalue weighted by Crippen LogP contribution is -2.39. The summed E-state index contributed by atoms with van der Waals surface area (Å²) in [6.07, 6.45) is 6.40. The van der Waals surface area contributed by atoms with Crippen molar-refractivity contribution in [3.8, 4) is 0 Å². The Bertz CT molecular complexity index is 617. The number of rotatable bonds is 4. The number of nitrogens with one attached hydrogen (secondary N) is 1. The van der Waals surface area contributed by atoms with Crippen LogP contribution in [0.4, 0.5) is 0 Å². The van der Waals surface area contributed by atoms with E-state index in [1.54, 1.807) is 0 Å². The number of benzene rings is 1. The highest BCUT2D eigenvalue weighted by Gasteiger charge is 2.16. The monoisotopic (exact) mass is 425 g/mol. The molecule has 3 rings (SSSR count). The summed E-state index contributed by atoms with van der Waals surface area (Å²) < 4.78 is 2.18. The summed E-state index contributed by atoms with van der Waals surface area (Å²) in [7, 11) is 1.84. The van der Waals surface area contributed by atoms with Gasteiger partial charge in [0.05, 0.1) is 6.54 Å². The van der Waals surface area contributed by atoms with Gasteiger partial charge in [0.1, 0.15) is 5.82 Å². The van der Waals surface area contributed by atoms with Gasteiger partial charge in [-0.05, 0) is 18.4 Å². The summed E-state index contributed by atoms with van der Waals surface area (Å²) in [5.74, 6) is 2.01. The lowest BCUT2D eigenvalue weighted by atomic mass is 10.2. The molecular formula is C17H24IN5. The van der Waals surface area contributed by atoms with E-state index in [4.69, 9.17) is 0 Å². The Hall–Kier alpha value is -1.57. The smallest absolute Gasteiger partial charge is 0.194 e. The summed E-state index contributed by atoms with van der Waals surface area (Å²) in [6, 6.07) is 10.5. The molecule has 1 aromatic carbocycles. The van der Waals surface area contributed by atoms with Crippen LogP contribution in [0.25, 0.3) is 0 Å². The molecule has 124 valence electrons. The van der Waals surface area contributed by atoms with Gasteiger partial charge in [0.15, 0.2) is 5.96 Å². The fourth-order valence-electron chi connectivity index (χ4n) is 2.85. The molecule has 23 heavy (non-hydrogen) atoms. The van der Waals surface area contributed by atoms with Gasteiger partial charge in [-0.3, -0.25) is 4.99 Å². The van der Waals surface area contributed by atoms with Crippen LogP contribution in [0.1, 0.15) is 24.2 Å². The molecule has 1 N–H and O–H groups in total. The maximum absolute atomic E-state index is 4.47. The Balaban J connectivity index is 0.00000192. The maximum atomic E-state index is 4.47. The van der Waals surface area contributed by atoms with E-state index in [1.807, 2.05) is 25.5 Å². The summed E-state index contributed by atoms with van der Waals surface area (Å²) in [5.41, 5.74) is 1.28. The molecule has 1 aromatic heterocycles. The number of halogens is 1. The van der Waals surface area contributed by atoms with E-state index in [9.17, 15) is 0 Å². The zero-order valence-electron chi connectivity index (χ0n) is 13.5. The van der Waals surface area contributed by atoms with E-state index >= 15 is 0 Å². The minimum Gasteiger partial charge on any atom is -0.349 e. The van der Waals surface area contributed by atoms with E-state index in [1.165, 1.54) is 18.4 Å². The van der Waals surface area contributed by atoms with Crippen LogP contribution in [0.15, 0.2) is 47.7 Å². The van der Waals surface area contributed by atoms with Crippen molar-refractivity contribution in [2.24, 2.45) is 4.99 Å². The van der Waals surface area contributed by atoms with Crippen molar-refractivity contribution in [3.05, 3.63) is 54.1 Å². The largest absolute Gasteiger partial charge is 0.349 e. The van der Waals surface area contributed by atoms with E-state index in [-0.39, 0.29) is 24.0 Å². The molecule has 0 atom stereocenters. The van der Waals surface area contributed by atoms with Crippen molar-refractivity contribution in [2.75, 3.05) is 20.1 Å². The molecule has 0 radical (unpaired) electrons. The summed E-state index contributed by atoms with van der Waals surface area (Å²) in [5, 5.41) is 3.43. The number of nitrogens with zero attached hydrogens (tertiary/aromatic N) is 4. The van der Waals surface area contributed by atoms with E-state index in [0.717, 1.165) is 31.4 Å². The van der Waals surface area contributed by atoms with Crippen molar-refractivity contribution < 1.29 is 0 Å². The van der Waals surface area contributed by atoms with Crippen LogP contribution in [0.2, 0.25) is 0 Å². The molecule has 1 fully saturated rings. The molecule has 0 amide bonds. The number of aromatic nitrogens is 2. The van der Waals surface area contributed by atoms with Crippen molar-refractivity contribution in [2.45, 2.75) is 25.9 Å². The van der Waals surface area contributed by atoms with Crippen LogP contribution in [-0.2, 0) is 13.1 Å². The minimum atomic E-state index is 0. The highest BCUT2D eigenvalue weighted by Crippen LogP contribution is 2.08. The number of likely N-dealkylation sites (tertiary alicyclic amines) is 1. The topological polar surface area (TPSA) is 45.5 Å². The number of aliphatic imine (C=N–C) groups is 1. The summed E-state index contributed by atoms with van der Waals surface area (Å²) in [4.78, 5) is 11.2. The third-order valence-electron chi connectivity index (χ3n) is 4.02. The maximum Gasteiger partial charge on any atom is 0.194 e. The zero-order chi connectivity index (χ0) is 15.2. The van der Waals surface area contributed by atoms with Gasteiger partial charge in [0.25, 0.3) is 0 Å². The zero-order valence-corrected chi connectivity index (χ0v) is 15.8. The molecule has 1 aliphatic rings. The molecule has 2 heterocycles. The standard InChI is InChI=1S/C17H23N5.HI/c1-18-17(21-10-5-6-11-21)20-13-16-19-9-12-22(16)14-15-7-3-2-4-8-15;/h2-4,7-9,12H,5-6,10-11,13-14H2,1H3,(H,18,20);1H. The average molecular weight is 425 g/mol. The van der Waals surface area contributed by atoms with Crippen LogP contribution in [0.3, 0.4) is 0 Å². The van der Waals surface area contributed by atoms with Crippen LogP contribution >= 0.6 is 24.0 Å². The highest BCUT2D eigenvalue weighted by molar-refractivity contribution is 14.0. The van der Waals surface area contributed by atoms with Gasteiger partial charge in [-0.25, -0.2) is 4.98 Å². The molecule has 2 aromatic rings. The molecule has 0 unspecified atom stereocenters. The predicted octanol–water partition coefficient (Wildman–Crippen LogP) is 2.72. The SMILES string of the molecule is CN=C(NCc1nccn1Cc1ccccc1)N1CCCC1.I. The molecule has 0 aliphatic carbocycles. The Morgan fingerprint density at radius 3 is 2.65 bits per heavy atom. The first kappa shape index (κ1) is 17.8. The summed E-state index contributed by atoms with van der Waals surface area (Å²) >= 11 is 0. The molecule has 6 heteroatoms. The summed E-state index contributed by atoms with van der Waals surface area (Å²) in [6.45, 7) is 3.74. The second kappa shape index (κ2) is 8.90.